The Bertz CT molecular complexity index is 875. The summed E-state index contributed by atoms with van der Waals surface area (Å²) in [5, 5.41) is 0. The number of nitrogens with zero attached hydrogens (tertiary/aromatic N) is 2. The maximum absolute atomic E-state index is 11.4. The van der Waals surface area contributed by atoms with Crippen molar-refractivity contribution in [3.63, 3.8) is 0 Å². The van der Waals surface area contributed by atoms with Gasteiger partial charge >= 0.3 is 0 Å². The number of Topliss-reactive ketones (excluding diaryl/α,β-unsaturated/α-hetero) is 1. The molecule has 0 amide bonds. The Kier molecular flexibility index (Phi) is 5.21. The van der Waals surface area contributed by atoms with Gasteiger partial charge in [-0.1, -0.05) is 0 Å². The first-order chi connectivity index (χ1) is 14.6. The van der Waals surface area contributed by atoms with Gasteiger partial charge in [-0.15, -0.1) is 0 Å². The Labute approximate surface area is 177 Å². The van der Waals surface area contributed by atoms with E-state index in [-0.39, 0.29) is 23.9 Å². The first-order valence-electron chi connectivity index (χ1n) is 10.8. The van der Waals surface area contributed by atoms with E-state index in [4.69, 9.17) is 18.9 Å². The van der Waals surface area contributed by atoms with Gasteiger partial charge < -0.3 is 18.9 Å². The Morgan fingerprint density at radius 2 is 1.80 bits per heavy atom. The maximum atomic E-state index is 11.4. The molecule has 3 heterocycles. The van der Waals surface area contributed by atoms with Gasteiger partial charge in [0.2, 0.25) is 0 Å². The van der Waals surface area contributed by atoms with Crippen LogP contribution in [0.3, 0.4) is 0 Å². The van der Waals surface area contributed by atoms with Gasteiger partial charge in [-0.05, 0) is 24.1 Å². The van der Waals surface area contributed by atoms with E-state index in [1.165, 1.54) is 11.1 Å². The van der Waals surface area contributed by atoms with Gasteiger partial charge in [0.05, 0.1) is 39.6 Å². The van der Waals surface area contributed by atoms with Crippen LogP contribution in [-0.4, -0.2) is 87.9 Å². The number of carbonyl (C=O) groups is 1. The van der Waals surface area contributed by atoms with Crippen molar-refractivity contribution < 1.29 is 23.7 Å². The second-order valence-electron chi connectivity index (χ2n) is 8.71. The zero-order chi connectivity index (χ0) is 20.8. The molecule has 0 radical (unpaired) electrons. The molecule has 1 saturated heterocycles. The Hall–Kier alpha value is -2.09. The number of carbonyl (C=O) groups excluding carboxylic acids is 1. The molecule has 7 nitrogen and oxygen atoms in total. The van der Waals surface area contributed by atoms with Gasteiger partial charge in [0.15, 0.2) is 11.5 Å². The SMILES string of the molecule is COc1cc2c(cc1OC)C1=C3CC3OC(CN3CCN(CC(C)=O)CC3)C1CO2. The van der Waals surface area contributed by atoms with Crippen molar-refractivity contribution in [1.29, 1.82) is 0 Å². The molecular weight excluding hydrogens is 384 g/mol. The number of piperazine rings is 1. The molecule has 30 heavy (non-hydrogen) atoms. The average Bonchev–Trinajstić information content (AvgIpc) is 3.52. The minimum atomic E-state index is 0.122. The molecule has 5 rings (SSSR count). The highest BCUT2D eigenvalue weighted by molar-refractivity contribution is 5.82. The van der Waals surface area contributed by atoms with Crippen molar-refractivity contribution in [3.05, 3.63) is 23.3 Å². The molecular formula is C23H30N2O5. The van der Waals surface area contributed by atoms with Crippen LogP contribution in [0, 0.1) is 5.92 Å². The number of rotatable bonds is 6. The zero-order valence-electron chi connectivity index (χ0n) is 18.0. The maximum Gasteiger partial charge on any atom is 0.164 e. The van der Waals surface area contributed by atoms with Crippen LogP contribution >= 0.6 is 0 Å². The molecule has 3 unspecified atom stereocenters. The summed E-state index contributed by atoms with van der Waals surface area (Å²) < 4.78 is 23.6. The number of hydrogen-bond donors (Lipinski definition) is 0. The summed E-state index contributed by atoms with van der Waals surface area (Å²) >= 11 is 0. The minimum Gasteiger partial charge on any atom is -0.493 e. The summed E-state index contributed by atoms with van der Waals surface area (Å²) in [5.74, 6) is 2.77. The van der Waals surface area contributed by atoms with E-state index in [2.05, 4.69) is 15.9 Å². The summed E-state index contributed by atoms with van der Waals surface area (Å²) in [4.78, 5) is 16.1. The lowest BCUT2D eigenvalue weighted by Crippen LogP contribution is -2.52. The van der Waals surface area contributed by atoms with Gasteiger partial charge in [0.1, 0.15) is 11.5 Å². The van der Waals surface area contributed by atoms with Gasteiger partial charge in [-0.25, -0.2) is 0 Å². The molecule has 3 aliphatic heterocycles. The van der Waals surface area contributed by atoms with Crippen LogP contribution in [0.1, 0.15) is 18.9 Å². The molecule has 7 heteroatoms. The Morgan fingerprint density at radius 1 is 1.10 bits per heavy atom. The summed E-state index contributed by atoms with van der Waals surface area (Å²) in [6.07, 6.45) is 1.39. The summed E-state index contributed by atoms with van der Waals surface area (Å²) in [7, 11) is 3.32. The number of ketones is 1. The van der Waals surface area contributed by atoms with Crippen molar-refractivity contribution in [3.8, 4) is 17.2 Å². The van der Waals surface area contributed by atoms with Gasteiger partial charge in [0.25, 0.3) is 0 Å². The van der Waals surface area contributed by atoms with E-state index < -0.39 is 0 Å². The lowest BCUT2D eigenvalue weighted by molar-refractivity contribution is -0.118. The van der Waals surface area contributed by atoms with E-state index in [1.807, 2.05) is 6.07 Å². The smallest absolute Gasteiger partial charge is 0.164 e. The van der Waals surface area contributed by atoms with Crippen LogP contribution in [0.15, 0.2) is 17.7 Å². The molecule has 0 N–H and O–H groups in total. The standard InChI is InChI=1S/C23H30N2O5/c1-14(26)11-24-4-6-25(7-5-24)12-22-17-13-29-18-10-21(28-3)20(27-2)9-15(18)23(17)16-8-19(16)30-22/h9-10,17,19,22H,4-8,11-13H2,1-3H3. The highest BCUT2D eigenvalue weighted by Gasteiger charge is 2.49. The summed E-state index contributed by atoms with van der Waals surface area (Å²) in [6.45, 7) is 7.56. The van der Waals surface area contributed by atoms with Crippen LogP contribution in [0.25, 0.3) is 5.57 Å². The highest BCUT2D eigenvalue weighted by atomic mass is 16.5. The molecule has 4 aliphatic rings. The largest absolute Gasteiger partial charge is 0.493 e. The zero-order valence-corrected chi connectivity index (χ0v) is 18.0. The minimum absolute atomic E-state index is 0.122. The van der Waals surface area contributed by atoms with E-state index in [0.29, 0.717) is 18.9 Å². The summed E-state index contributed by atoms with van der Waals surface area (Å²) in [5.41, 5.74) is 3.94. The molecule has 0 aromatic heterocycles. The third kappa shape index (κ3) is 3.59. The molecule has 0 spiro atoms. The van der Waals surface area contributed by atoms with Crippen molar-refractivity contribution in [2.75, 3.05) is 60.1 Å². The van der Waals surface area contributed by atoms with E-state index in [9.17, 15) is 4.79 Å². The lowest BCUT2D eigenvalue weighted by atomic mass is 9.83. The molecule has 1 aromatic carbocycles. The highest BCUT2D eigenvalue weighted by Crippen LogP contribution is 2.54. The predicted molar refractivity (Wildman–Crippen MR) is 112 cm³/mol. The monoisotopic (exact) mass is 414 g/mol. The normalized spacial score (nSPS) is 28.2. The first kappa shape index (κ1) is 19.8. The van der Waals surface area contributed by atoms with Crippen molar-refractivity contribution >= 4 is 11.4 Å². The van der Waals surface area contributed by atoms with Crippen molar-refractivity contribution in [2.24, 2.45) is 5.92 Å². The number of fused-ring (bicyclic) bond motifs is 4. The predicted octanol–water partition coefficient (Wildman–Crippen LogP) is 1.84. The molecule has 1 saturated carbocycles. The number of methoxy groups -OCH3 is 2. The van der Waals surface area contributed by atoms with Crippen molar-refractivity contribution in [2.45, 2.75) is 25.6 Å². The molecule has 1 aliphatic carbocycles. The molecule has 162 valence electrons. The first-order valence-corrected chi connectivity index (χ1v) is 10.8. The summed E-state index contributed by atoms with van der Waals surface area (Å²) in [6, 6.07) is 4.00. The molecule has 3 atom stereocenters. The van der Waals surface area contributed by atoms with Gasteiger partial charge in [0, 0.05) is 56.7 Å². The fraction of sp³-hybridized carbons (Fsp3) is 0.609. The topological polar surface area (TPSA) is 60.5 Å². The fourth-order valence-electron chi connectivity index (χ4n) is 5.09. The van der Waals surface area contributed by atoms with Gasteiger partial charge in [-0.2, -0.15) is 0 Å². The van der Waals surface area contributed by atoms with E-state index >= 15 is 0 Å². The van der Waals surface area contributed by atoms with E-state index in [0.717, 1.165) is 56.2 Å². The van der Waals surface area contributed by atoms with Crippen molar-refractivity contribution in [1.82, 2.24) is 9.80 Å². The quantitative estimate of drug-likeness (QED) is 0.704. The second kappa shape index (κ2) is 7.87. The van der Waals surface area contributed by atoms with Crippen LogP contribution < -0.4 is 14.2 Å². The lowest BCUT2D eigenvalue weighted by Gasteiger charge is -2.41. The van der Waals surface area contributed by atoms with Crippen LogP contribution in [0.5, 0.6) is 17.2 Å². The molecule has 2 fully saturated rings. The number of hydrogen-bond acceptors (Lipinski definition) is 7. The third-order valence-electron chi connectivity index (χ3n) is 6.68. The second-order valence-corrected chi connectivity index (χ2v) is 8.71. The Balaban J connectivity index is 1.33. The Morgan fingerprint density at radius 3 is 2.50 bits per heavy atom. The van der Waals surface area contributed by atoms with Gasteiger partial charge in [-0.3, -0.25) is 14.6 Å². The average molecular weight is 415 g/mol. The fourth-order valence-corrected chi connectivity index (χ4v) is 5.09. The van der Waals surface area contributed by atoms with Crippen LogP contribution in [0.4, 0.5) is 0 Å². The van der Waals surface area contributed by atoms with Crippen LogP contribution in [-0.2, 0) is 9.53 Å². The number of ether oxygens (including phenoxy) is 4. The number of benzene rings is 1. The third-order valence-corrected chi connectivity index (χ3v) is 6.68. The van der Waals surface area contributed by atoms with E-state index in [1.54, 1.807) is 21.1 Å². The molecule has 0 bridgehead atoms. The van der Waals surface area contributed by atoms with Crippen LogP contribution in [0.2, 0.25) is 0 Å². The molecule has 1 aromatic rings.